The summed E-state index contributed by atoms with van der Waals surface area (Å²) in [6, 6.07) is -3.10. The number of esters is 1. The number of hydrogen-bond acceptors (Lipinski definition) is 5. The van der Waals surface area contributed by atoms with Crippen LogP contribution in [0, 0.1) is 5.92 Å². The quantitative estimate of drug-likeness (QED) is 0.323. The smallest absolute Gasteiger partial charge is 0.416 e. The average Bonchev–Trinajstić information content (AvgIpc) is 3.20. The summed E-state index contributed by atoms with van der Waals surface area (Å²) >= 11 is 0. The molecule has 38 heavy (non-hydrogen) atoms. The molecule has 210 valence electrons. The third-order valence-corrected chi connectivity index (χ3v) is 5.15. The van der Waals surface area contributed by atoms with Crippen molar-refractivity contribution in [3.63, 3.8) is 0 Å². The number of halogens is 6. The number of hydrogen-bond donors (Lipinski definition) is 3. The van der Waals surface area contributed by atoms with Crippen molar-refractivity contribution in [2.45, 2.75) is 51.1 Å². The molecule has 0 spiro atoms. The zero-order valence-corrected chi connectivity index (χ0v) is 20.8. The van der Waals surface area contributed by atoms with Gasteiger partial charge >= 0.3 is 24.4 Å². The van der Waals surface area contributed by atoms with Crippen LogP contribution in [0.25, 0.3) is 0 Å². The third kappa shape index (κ3) is 8.95. The van der Waals surface area contributed by atoms with Crippen molar-refractivity contribution in [2.75, 3.05) is 12.4 Å². The molecule has 0 fully saturated rings. The van der Waals surface area contributed by atoms with E-state index in [9.17, 15) is 40.7 Å². The molecule has 1 aromatic carbocycles. The number of methoxy groups -OCH3 is 1. The van der Waals surface area contributed by atoms with E-state index < -0.39 is 59.2 Å². The number of anilines is 1. The highest BCUT2D eigenvalue weighted by molar-refractivity contribution is 5.95. The molecule has 2 rings (SSSR count). The average molecular weight is 551 g/mol. The zero-order chi connectivity index (χ0) is 28.8. The van der Waals surface area contributed by atoms with Gasteiger partial charge in [-0.05, 0) is 30.5 Å². The first-order chi connectivity index (χ1) is 17.5. The van der Waals surface area contributed by atoms with Gasteiger partial charge in [0.2, 0.25) is 5.91 Å². The molecule has 0 aliphatic rings. The molecule has 3 amide bonds. The van der Waals surface area contributed by atoms with Gasteiger partial charge in [-0.3, -0.25) is 4.79 Å². The first-order valence-corrected chi connectivity index (χ1v) is 11.2. The van der Waals surface area contributed by atoms with E-state index in [-0.39, 0.29) is 24.8 Å². The highest BCUT2D eigenvalue weighted by Gasteiger charge is 2.37. The van der Waals surface area contributed by atoms with Gasteiger partial charge in [-0.15, -0.1) is 0 Å². The predicted molar refractivity (Wildman–Crippen MR) is 123 cm³/mol. The van der Waals surface area contributed by atoms with Gasteiger partial charge in [-0.25, -0.2) is 14.6 Å². The van der Waals surface area contributed by atoms with Crippen molar-refractivity contribution in [3.8, 4) is 0 Å². The Kier molecular flexibility index (Phi) is 9.75. The monoisotopic (exact) mass is 551 g/mol. The van der Waals surface area contributed by atoms with Gasteiger partial charge in [0.25, 0.3) is 0 Å². The van der Waals surface area contributed by atoms with Crippen LogP contribution in [0.2, 0.25) is 0 Å². The number of urea groups is 1. The topological polar surface area (TPSA) is 114 Å². The number of aromatic nitrogens is 2. The number of benzene rings is 1. The van der Waals surface area contributed by atoms with Crippen molar-refractivity contribution in [1.29, 1.82) is 0 Å². The number of carbonyl (C=O) groups excluding carboxylic acids is 3. The van der Waals surface area contributed by atoms with Crippen molar-refractivity contribution < 1.29 is 45.5 Å². The Morgan fingerprint density at radius 3 is 2.00 bits per heavy atom. The fourth-order valence-electron chi connectivity index (χ4n) is 3.44. The van der Waals surface area contributed by atoms with Gasteiger partial charge in [-0.1, -0.05) is 13.8 Å². The van der Waals surface area contributed by atoms with Gasteiger partial charge in [0, 0.05) is 25.4 Å². The minimum atomic E-state index is -5.11. The molecule has 9 nitrogen and oxygen atoms in total. The summed E-state index contributed by atoms with van der Waals surface area (Å²) < 4.78 is 85.0. The normalized spacial score (nSPS) is 13.6. The standard InChI is InChI=1S/C23H27F6N5O4/c1-12(2)5-17(19(35)32-18(20(36)38-4)9-16-10-34(3)11-30-16)33-21(37)31-15-7-13(22(24,25)26)6-14(8-15)23(27,28)29/h6-8,10-12,17-18H,5,9H2,1-4H3,(H,32,35)(H2,31,33,37)/t17-,18-/m0/s1. The number of carbonyl (C=O) groups is 3. The summed E-state index contributed by atoms with van der Waals surface area (Å²) in [5, 5.41) is 6.62. The molecular formula is C23H27F6N5O4. The highest BCUT2D eigenvalue weighted by Crippen LogP contribution is 2.37. The number of nitrogens with zero attached hydrogens (tertiary/aromatic N) is 2. The molecule has 0 radical (unpaired) electrons. The van der Waals surface area contributed by atoms with Crippen LogP contribution in [-0.4, -0.2) is 46.7 Å². The molecule has 0 aliphatic carbocycles. The van der Waals surface area contributed by atoms with Crippen LogP contribution < -0.4 is 16.0 Å². The molecule has 0 saturated carbocycles. The van der Waals surface area contributed by atoms with Gasteiger partial charge in [-0.2, -0.15) is 26.3 Å². The van der Waals surface area contributed by atoms with Crippen molar-refractivity contribution in [3.05, 3.63) is 47.5 Å². The van der Waals surface area contributed by atoms with E-state index in [4.69, 9.17) is 4.74 Å². The van der Waals surface area contributed by atoms with Crippen LogP contribution >= 0.6 is 0 Å². The first-order valence-electron chi connectivity index (χ1n) is 11.2. The Balaban J connectivity index is 2.23. The lowest BCUT2D eigenvalue weighted by molar-refractivity contribution is -0.145. The largest absolute Gasteiger partial charge is 0.467 e. The third-order valence-electron chi connectivity index (χ3n) is 5.15. The fraction of sp³-hybridized carbons (Fsp3) is 0.478. The molecule has 2 atom stereocenters. The number of rotatable bonds is 9. The summed E-state index contributed by atoms with van der Waals surface area (Å²) in [7, 11) is 2.81. The fourth-order valence-corrected chi connectivity index (χ4v) is 3.44. The van der Waals surface area contributed by atoms with Crippen LogP contribution in [0.4, 0.5) is 36.8 Å². The van der Waals surface area contributed by atoms with Crippen LogP contribution in [0.15, 0.2) is 30.7 Å². The van der Waals surface area contributed by atoms with Crippen molar-refractivity contribution in [1.82, 2.24) is 20.2 Å². The maximum Gasteiger partial charge on any atom is 0.416 e. The zero-order valence-electron chi connectivity index (χ0n) is 20.8. The Labute approximate surface area is 213 Å². The number of ether oxygens (including phenoxy) is 1. The van der Waals surface area contributed by atoms with Crippen LogP contribution in [0.1, 0.15) is 37.1 Å². The van der Waals surface area contributed by atoms with Gasteiger partial charge in [0.15, 0.2) is 0 Å². The lowest BCUT2D eigenvalue weighted by atomic mass is 10.0. The Hall–Kier alpha value is -3.78. The van der Waals surface area contributed by atoms with Crippen molar-refractivity contribution >= 4 is 23.6 Å². The van der Waals surface area contributed by atoms with Gasteiger partial charge in [0.1, 0.15) is 12.1 Å². The van der Waals surface area contributed by atoms with Crippen LogP contribution in [-0.2, 0) is 40.1 Å². The van der Waals surface area contributed by atoms with E-state index in [1.165, 1.54) is 6.33 Å². The van der Waals surface area contributed by atoms with Crippen LogP contribution in [0.5, 0.6) is 0 Å². The van der Waals surface area contributed by atoms with E-state index in [2.05, 4.69) is 15.6 Å². The van der Waals surface area contributed by atoms with E-state index in [1.807, 2.05) is 5.32 Å². The van der Waals surface area contributed by atoms with E-state index in [0.717, 1.165) is 7.11 Å². The minimum absolute atomic E-state index is 0.0348. The maximum atomic E-state index is 13.1. The van der Waals surface area contributed by atoms with Gasteiger partial charge < -0.3 is 25.3 Å². The number of imidazole rings is 1. The predicted octanol–water partition coefficient (Wildman–Crippen LogP) is 3.89. The summed E-state index contributed by atoms with van der Waals surface area (Å²) in [5.74, 6) is -1.79. The summed E-state index contributed by atoms with van der Waals surface area (Å²) in [6.45, 7) is 3.43. The van der Waals surface area contributed by atoms with E-state index >= 15 is 0 Å². The molecule has 0 bridgehead atoms. The minimum Gasteiger partial charge on any atom is -0.467 e. The van der Waals surface area contributed by atoms with Crippen molar-refractivity contribution in [2.24, 2.45) is 13.0 Å². The molecule has 0 aliphatic heterocycles. The van der Waals surface area contributed by atoms with E-state index in [0.29, 0.717) is 17.8 Å². The summed E-state index contributed by atoms with van der Waals surface area (Å²) in [6.07, 6.45) is -7.12. The lowest BCUT2D eigenvalue weighted by Gasteiger charge is -2.23. The molecule has 0 unspecified atom stereocenters. The molecule has 0 saturated heterocycles. The molecule has 3 N–H and O–H groups in total. The number of nitrogens with one attached hydrogen (secondary N) is 3. The molecule has 1 aromatic heterocycles. The van der Waals surface area contributed by atoms with Crippen LogP contribution in [0.3, 0.4) is 0 Å². The summed E-state index contributed by atoms with van der Waals surface area (Å²) in [5.41, 5.74) is -3.56. The number of amides is 3. The second-order valence-electron chi connectivity index (χ2n) is 8.89. The Morgan fingerprint density at radius 1 is 0.974 bits per heavy atom. The molecule has 1 heterocycles. The summed E-state index contributed by atoms with van der Waals surface area (Å²) in [4.78, 5) is 41.8. The lowest BCUT2D eigenvalue weighted by Crippen LogP contribution is -2.53. The Bertz CT molecular complexity index is 1110. The molecular weight excluding hydrogens is 524 g/mol. The second-order valence-corrected chi connectivity index (χ2v) is 8.89. The first kappa shape index (κ1) is 30.4. The number of aryl methyl sites for hydroxylation is 1. The molecule has 2 aromatic rings. The Morgan fingerprint density at radius 2 is 1.55 bits per heavy atom. The highest BCUT2D eigenvalue weighted by atomic mass is 19.4. The SMILES string of the molecule is COC(=O)[C@H](Cc1cn(C)cn1)NC(=O)[C@H](CC(C)C)NC(=O)Nc1cc(C(F)(F)F)cc(C(F)(F)F)c1. The molecule has 15 heteroatoms. The number of alkyl halides is 6. The van der Waals surface area contributed by atoms with Gasteiger partial charge in [0.05, 0.1) is 30.3 Å². The second kappa shape index (κ2) is 12.2. The maximum absolute atomic E-state index is 13.1. The van der Waals surface area contributed by atoms with E-state index in [1.54, 1.807) is 31.7 Å².